The maximum atomic E-state index is 12.5. The lowest BCUT2D eigenvalue weighted by atomic mass is 9.94. The molecule has 0 bridgehead atoms. The molecule has 1 aromatic carbocycles. The fourth-order valence-electron chi connectivity index (χ4n) is 3.03. The van der Waals surface area contributed by atoms with Crippen molar-refractivity contribution in [2.24, 2.45) is 18.7 Å². The lowest BCUT2D eigenvalue weighted by Crippen LogP contribution is -2.31. The SMILES string of the molecule is CC(C(=O)Nc1c2c(nn1C)CCC2)C(N)c1ccccc1. The second kappa shape index (κ2) is 5.93. The number of nitrogens with two attached hydrogens (primary N) is 1. The van der Waals surface area contributed by atoms with Crippen molar-refractivity contribution in [3.05, 3.63) is 47.2 Å². The molecule has 22 heavy (non-hydrogen) atoms. The van der Waals surface area contributed by atoms with Gasteiger partial charge in [0.15, 0.2) is 0 Å². The summed E-state index contributed by atoms with van der Waals surface area (Å²) in [5, 5.41) is 7.50. The number of carbonyl (C=O) groups excluding carboxylic acids is 1. The Morgan fingerprint density at radius 3 is 2.77 bits per heavy atom. The van der Waals surface area contributed by atoms with Crippen molar-refractivity contribution in [1.82, 2.24) is 9.78 Å². The van der Waals surface area contributed by atoms with Crippen LogP contribution in [0.4, 0.5) is 5.82 Å². The molecule has 1 aliphatic rings. The first kappa shape index (κ1) is 14.8. The minimum absolute atomic E-state index is 0.0611. The van der Waals surface area contributed by atoms with Gasteiger partial charge < -0.3 is 11.1 Å². The van der Waals surface area contributed by atoms with E-state index in [4.69, 9.17) is 5.73 Å². The highest BCUT2D eigenvalue weighted by Gasteiger charge is 2.26. The first-order valence-corrected chi connectivity index (χ1v) is 7.74. The zero-order valence-electron chi connectivity index (χ0n) is 13.0. The lowest BCUT2D eigenvalue weighted by Gasteiger charge is -2.20. The third kappa shape index (κ3) is 2.64. The van der Waals surface area contributed by atoms with Gasteiger partial charge in [0, 0.05) is 18.7 Å². The molecule has 5 heteroatoms. The third-order valence-corrected chi connectivity index (χ3v) is 4.45. The molecule has 1 aromatic heterocycles. The number of nitrogens with one attached hydrogen (secondary N) is 1. The number of benzene rings is 1. The molecule has 0 aliphatic heterocycles. The summed E-state index contributed by atoms with van der Waals surface area (Å²) in [6.07, 6.45) is 3.09. The van der Waals surface area contributed by atoms with Gasteiger partial charge in [-0.05, 0) is 24.8 Å². The molecule has 0 spiro atoms. The van der Waals surface area contributed by atoms with Crippen LogP contribution in [0.1, 0.15) is 36.2 Å². The Morgan fingerprint density at radius 1 is 1.32 bits per heavy atom. The number of rotatable bonds is 4. The summed E-state index contributed by atoms with van der Waals surface area (Å²) >= 11 is 0. The quantitative estimate of drug-likeness (QED) is 0.908. The summed E-state index contributed by atoms with van der Waals surface area (Å²) in [7, 11) is 1.87. The molecule has 0 saturated carbocycles. The average Bonchev–Trinajstić information content (AvgIpc) is 3.09. The van der Waals surface area contributed by atoms with Gasteiger partial charge in [0.05, 0.1) is 11.6 Å². The van der Waals surface area contributed by atoms with Crippen LogP contribution in [-0.2, 0) is 24.7 Å². The van der Waals surface area contributed by atoms with Crippen molar-refractivity contribution in [1.29, 1.82) is 0 Å². The highest BCUT2D eigenvalue weighted by Crippen LogP contribution is 2.29. The maximum absolute atomic E-state index is 12.5. The van der Waals surface area contributed by atoms with Crippen molar-refractivity contribution >= 4 is 11.7 Å². The summed E-state index contributed by atoms with van der Waals surface area (Å²) < 4.78 is 1.77. The minimum Gasteiger partial charge on any atom is -0.323 e. The number of hydrogen-bond acceptors (Lipinski definition) is 3. The van der Waals surface area contributed by atoms with Crippen LogP contribution in [0.2, 0.25) is 0 Å². The highest BCUT2D eigenvalue weighted by atomic mass is 16.2. The van der Waals surface area contributed by atoms with E-state index in [0.29, 0.717) is 0 Å². The molecule has 1 heterocycles. The summed E-state index contributed by atoms with van der Waals surface area (Å²) in [5.74, 6) is 0.452. The summed E-state index contributed by atoms with van der Waals surface area (Å²) in [4.78, 5) is 12.5. The van der Waals surface area contributed by atoms with E-state index in [0.717, 1.165) is 36.3 Å². The molecule has 116 valence electrons. The molecule has 5 nitrogen and oxygen atoms in total. The van der Waals surface area contributed by atoms with E-state index in [2.05, 4.69) is 10.4 Å². The van der Waals surface area contributed by atoms with Gasteiger partial charge in [0.1, 0.15) is 5.82 Å². The van der Waals surface area contributed by atoms with Crippen LogP contribution in [0.25, 0.3) is 0 Å². The zero-order valence-corrected chi connectivity index (χ0v) is 13.0. The van der Waals surface area contributed by atoms with Gasteiger partial charge in [-0.1, -0.05) is 37.3 Å². The number of fused-ring (bicyclic) bond motifs is 1. The van der Waals surface area contributed by atoms with E-state index >= 15 is 0 Å². The molecule has 0 radical (unpaired) electrons. The lowest BCUT2D eigenvalue weighted by molar-refractivity contribution is -0.120. The van der Waals surface area contributed by atoms with Crippen LogP contribution in [0.3, 0.4) is 0 Å². The predicted molar refractivity (Wildman–Crippen MR) is 86.4 cm³/mol. The molecule has 0 fully saturated rings. The number of aromatic nitrogens is 2. The Kier molecular flexibility index (Phi) is 3.98. The highest BCUT2D eigenvalue weighted by molar-refractivity contribution is 5.93. The summed E-state index contributed by atoms with van der Waals surface area (Å²) in [6, 6.07) is 9.41. The van der Waals surface area contributed by atoms with Crippen LogP contribution in [0, 0.1) is 5.92 Å². The van der Waals surface area contributed by atoms with Crippen LogP contribution < -0.4 is 11.1 Å². The van der Waals surface area contributed by atoms with Gasteiger partial charge in [-0.25, -0.2) is 0 Å². The number of hydrogen-bond donors (Lipinski definition) is 2. The van der Waals surface area contributed by atoms with Crippen molar-refractivity contribution in [3.8, 4) is 0 Å². The van der Waals surface area contributed by atoms with Gasteiger partial charge in [-0.3, -0.25) is 9.48 Å². The summed E-state index contributed by atoms with van der Waals surface area (Å²) in [6.45, 7) is 1.86. The molecule has 3 N–H and O–H groups in total. The molecule has 1 amide bonds. The normalized spacial score (nSPS) is 16.1. The second-order valence-corrected chi connectivity index (χ2v) is 5.97. The Labute approximate surface area is 130 Å². The molecule has 0 saturated heterocycles. The Morgan fingerprint density at radius 2 is 2.05 bits per heavy atom. The molecular formula is C17H22N4O. The largest absolute Gasteiger partial charge is 0.323 e. The smallest absolute Gasteiger partial charge is 0.230 e. The topological polar surface area (TPSA) is 72.9 Å². The number of nitrogens with zero attached hydrogens (tertiary/aromatic N) is 2. The number of aryl methyl sites for hydroxylation is 2. The molecule has 1 aliphatic carbocycles. The fraction of sp³-hybridized carbons (Fsp3) is 0.412. The van der Waals surface area contributed by atoms with Crippen molar-refractivity contribution < 1.29 is 4.79 Å². The molecule has 2 unspecified atom stereocenters. The van der Waals surface area contributed by atoms with E-state index in [-0.39, 0.29) is 17.9 Å². The van der Waals surface area contributed by atoms with E-state index in [1.807, 2.05) is 44.3 Å². The number of carbonyl (C=O) groups is 1. The van der Waals surface area contributed by atoms with Crippen molar-refractivity contribution in [3.63, 3.8) is 0 Å². The Balaban J connectivity index is 1.75. The standard InChI is InChI=1S/C17H22N4O/c1-11(15(18)12-7-4-3-5-8-12)17(22)19-16-13-9-6-10-14(13)20-21(16)2/h3-5,7-8,11,15H,6,9-10,18H2,1-2H3,(H,19,22). The van der Waals surface area contributed by atoms with Gasteiger partial charge >= 0.3 is 0 Å². The van der Waals surface area contributed by atoms with Crippen LogP contribution in [0.15, 0.2) is 30.3 Å². The van der Waals surface area contributed by atoms with E-state index in [1.165, 1.54) is 5.56 Å². The number of amides is 1. The Bertz CT molecular complexity index is 677. The second-order valence-electron chi connectivity index (χ2n) is 5.97. The van der Waals surface area contributed by atoms with Gasteiger partial charge in [-0.2, -0.15) is 5.10 Å². The third-order valence-electron chi connectivity index (χ3n) is 4.45. The van der Waals surface area contributed by atoms with Gasteiger partial charge in [-0.15, -0.1) is 0 Å². The number of anilines is 1. The minimum atomic E-state index is -0.317. The molecule has 2 atom stereocenters. The van der Waals surface area contributed by atoms with Crippen LogP contribution >= 0.6 is 0 Å². The van der Waals surface area contributed by atoms with E-state index in [9.17, 15) is 4.79 Å². The Hall–Kier alpha value is -2.14. The first-order chi connectivity index (χ1) is 10.6. The predicted octanol–water partition coefficient (Wildman–Crippen LogP) is 2.18. The molecule has 2 aromatic rings. The first-order valence-electron chi connectivity index (χ1n) is 7.74. The van der Waals surface area contributed by atoms with Crippen molar-refractivity contribution in [2.45, 2.75) is 32.2 Å². The van der Waals surface area contributed by atoms with E-state index in [1.54, 1.807) is 4.68 Å². The average molecular weight is 298 g/mol. The van der Waals surface area contributed by atoms with Gasteiger partial charge in [0.2, 0.25) is 5.91 Å². The summed E-state index contributed by atoms with van der Waals surface area (Å²) in [5.41, 5.74) is 9.49. The van der Waals surface area contributed by atoms with Gasteiger partial charge in [0.25, 0.3) is 0 Å². The van der Waals surface area contributed by atoms with Crippen LogP contribution in [-0.4, -0.2) is 15.7 Å². The molecule has 3 rings (SSSR count). The van der Waals surface area contributed by atoms with Crippen LogP contribution in [0.5, 0.6) is 0 Å². The maximum Gasteiger partial charge on any atom is 0.230 e. The fourth-order valence-corrected chi connectivity index (χ4v) is 3.03. The molecular weight excluding hydrogens is 276 g/mol. The monoisotopic (exact) mass is 298 g/mol. The van der Waals surface area contributed by atoms with Crippen molar-refractivity contribution in [2.75, 3.05) is 5.32 Å². The van der Waals surface area contributed by atoms with E-state index < -0.39 is 0 Å². The zero-order chi connectivity index (χ0) is 15.7.